The summed E-state index contributed by atoms with van der Waals surface area (Å²) in [5, 5.41) is 11.8. The molecular formula is C15H17FN2O2S. The molecule has 1 aromatic carbocycles. The molecule has 1 N–H and O–H groups in total. The van der Waals surface area contributed by atoms with Crippen LogP contribution in [0, 0.1) is 23.1 Å². The molecule has 0 spiro atoms. The van der Waals surface area contributed by atoms with E-state index in [0.29, 0.717) is 23.9 Å². The molecule has 2 atom stereocenters. The van der Waals surface area contributed by atoms with E-state index in [1.165, 1.54) is 17.8 Å². The first kappa shape index (κ1) is 15.8. The van der Waals surface area contributed by atoms with Crippen LogP contribution in [0.4, 0.5) is 4.39 Å². The molecule has 6 heteroatoms. The summed E-state index contributed by atoms with van der Waals surface area (Å²) in [7, 11) is 0. The lowest BCUT2D eigenvalue weighted by Gasteiger charge is -2.16. The second-order valence-corrected chi connectivity index (χ2v) is 5.96. The lowest BCUT2D eigenvalue weighted by molar-refractivity contribution is -0.121. The molecule has 0 saturated carbocycles. The number of carbonyl (C=O) groups excluding carboxylic acids is 1. The minimum Gasteiger partial charge on any atom is -0.381 e. The molecule has 0 bridgehead atoms. The zero-order chi connectivity index (χ0) is 15.1. The standard InChI is InChI=1S/C15H17FN2O2S/c16-12-3-1-2-4-14(12)21-8-6-15(19)18-13(9-17)11-5-7-20-10-11/h1-4,11,13H,5-8,10H2,(H,18,19)/t11-,13-/m0/s1. The number of hydrogen-bond acceptors (Lipinski definition) is 4. The Morgan fingerprint density at radius 3 is 3.05 bits per heavy atom. The topological polar surface area (TPSA) is 62.1 Å². The molecule has 0 aliphatic carbocycles. The Hall–Kier alpha value is -1.58. The molecular weight excluding hydrogens is 291 g/mol. The van der Waals surface area contributed by atoms with Gasteiger partial charge in [0.1, 0.15) is 11.9 Å². The van der Waals surface area contributed by atoms with Crippen LogP contribution in [0.5, 0.6) is 0 Å². The third kappa shape index (κ3) is 4.73. The molecule has 1 aliphatic heterocycles. The summed E-state index contributed by atoms with van der Waals surface area (Å²) in [4.78, 5) is 12.4. The molecule has 1 amide bonds. The van der Waals surface area contributed by atoms with Gasteiger partial charge in [0.2, 0.25) is 5.91 Å². The monoisotopic (exact) mass is 308 g/mol. The van der Waals surface area contributed by atoms with Gasteiger partial charge in [0.05, 0.1) is 12.7 Å². The maximum Gasteiger partial charge on any atom is 0.221 e. The van der Waals surface area contributed by atoms with E-state index in [0.717, 1.165) is 6.42 Å². The van der Waals surface area contributed by atoms with Gasteiger partial charge in [-0.3, -0.25) is 4.79 Å². The number of thioether (sulfide) groups is 1. The molecule has 1 heterocycles. The third-order valence-corrected chi connectivity index (χ3v) is 4.37. The van der Waals surface area contributed by atoms with Gasteiger partial charge in [-0.2, -0.15) is 5.26 Å². The quantitative estimate of drug-likeness (QED) is 0.820. The Kier molecular flexibility index (Phi) is 6.03. The molecule has 4 nitrogen and oxygen atoms in total. The van der Waals surface area contributed by atoms with Crippen LogP contribution in [0.2, 0.25) is 0 Å². The summed E-state index contributed by atoms with van der Waals surface area (Å²) in [5.74, 6) is 0.0860. The van der Waals surface area contributed by atoms with Crippen molar-refractivity contribution in [2.45, 2.75) is 23.8 Å². The molecule has 1 aromatic rings. The van der Waals surface area contributed by atoms with E-state index in [1.807, 2.05) is 0 Å². The van der Waals surface area contributed by atoms with Crippen molar-refractivity contribution in [2.24, 2.45) is 5.92 Å². The summed E-state index contributed by atoms with van der Waals surface area (Å²) < 4.78 is 18.6. The molecule has 2 rings (SSSR count). The zero-order valence-corrected chi connectivity index (χ0v) is 12.4. The van der Waals surface area contributed by atoms with Crippen molar-refractivity contribution in [1.82, 2.24) is 5.32 Å². The maximum atomic E-state index is 13.4. The summed E-state index contributed by atoms with van der Waals surface area (Å²) in [6.07, 6.45) is 1.05. The van der Waals surface area contributed by atoms with E-state index in [1.54, 1.807) is 18.2 Å². The van der Waals surface area contributed by atoms with Crippen LogP contribution in [-0.2, 0) is 9.53 Å². The lowest BCUT2D eigenvalue weighted by atomic mass is 10.0. The maximum absolute atomic E-state index is 13.4. The van der Waals surface area contributed by atoms with E-state index >= 15 is 0 Å². The molecule has 112 valence electrons. The Morgan fingerprint density at radius 1 is 1.57 bits per heavy atom. The highest BCUT2D eigenvalue weighted by molar-refractivity contribution is 7.99. The Morgan fingerprint density at radius 2 is 2.38 bits per heavy atom. The fourth-order valence-corrected chi connectivity index (χ4v) is 3.02. The van der Waals surface area contributed by atoms with Crippen LogP contribution >= 0.6 is 11.8 Å². The van der Waals surface area contributed by atoms with Crippen molar-refractivity contribution in [3.63, 3.8) is 0 Å². The third-order valence-electron chi connectivity index (χ3n) is 3.32. The number of hydrogen-bond donors (Lipinski definition) is 1. The molecule has 21 heavy (non-hydrogen) atoms. The first-order valence-corrected chi connectivity index (χ1v) is 7.83. The van der Waals surface area contributed by atoms with E-state index < -0.39 is 6.04 Å². The molecule has 0 aromatic heterocycles. The van der Waals surface area contributed by atoms with Crippen LogP contribution in [0.1, 0.15) is 12.8 Å². The average Bonchev–Trinajstić information content (AvgIpc) is 3.01. The minimum absolute atomic E-state index is 0.0678. The summed E-state index contributed by atoms with van der Waals surface area (Å²) in [6, 6.07) is 8.09. The van der Waals surface area contributed by atoms with Crippen LogP contribution in [0.3, 0.4) is 0 Å². The van der Waals surface area contributed by atoms with Crippen LogP contribution < -0.4 is 5.32 Å². The predicted octanol–water partition coefficient (Wildman–Crippen LogP) is 2.35. The first-order valence-electron chi connectivity index (χ1n) is 6.84. The van der Waals surface area contributed by atoms with Gasteiger partial charge >= 0.3 is 0 Å². The zero-order valence-electron chi connectivity index (χ0n) is 11.5. The smallest absolute Gasteiger partial charge is 0.221 e. The van der Waals surface area contributed by atoms with E-state index in [2.05, 4.69) is 11.4 Å². The van der Waals surface area contributed by atoms with Gasteiger partial charge in [-0.05, 0) is 18.6 Å². The number of benzene rings is 1. The summed E-state index contributed by atoms with van der Waals surface area (Å²) in [6.45, 7) is 1.16. The SMILES string of the molecule is N#C[C@H](NC(=O)CCSc1ccccc1F)[C@H]1CCOC1. The van der Waals surface area contributed by atoms with Crippen LogP contribution in [0.15, 0.2) is 29.2 Å². The second kappa shape index (κ2) is 8.01. The van der Waals surface area contributed by atoms with Crippen molar-refractivity contribution >= 4 is 17.7 Å². The highest BCUT2D eigenvalue weighted by atomic mass is 32.2. The van der Waals surface area contributed by atoms with E-state index in [9.17, 15) is 9.18 Å². The van der Waals surface area contributed by atoms with Gasteiger partial charge < -0.3 is 10.1 Å². The van der Waals surface area contributed by atoms with E-state index in [-0.39, 0.29) is 24.1 Å². The number of nitriles is 1. The van der Waals surface area contributed by atoms with Crippen molar-refractivity contribution in [3.05, 3.63) is 30.1 Å². The Labute approximate surface area is 127 Å². The molecule has 0 unspecified atom stereocenters. The first-order chi connectivity index (χ1) is 10.2. The molecule has 0 radical (unpaired) electrons. The molecule has 1 aliphatic rings. The van der Waals surface area contributed by atoms with Gasteiger partial charge in [0.15, 0.2) is 0 Å². The van der Waals surface area contributed by atoms with Gasteiger partial charge in [0.25, 0.3) is 0 Å². The highest BCUT2D eigenvalue weighted by Crippen LogP contribution is 2.22. The van der Waals surface area contributed by atoms with Crippen molar-refractivity contribution in [3.8, 4) is 6.07 Å². The number of nitrogens with one attached hydrogen (secondary N) is 1. The Bertz CT molecular complexity index is 527. The number of ether oxygens (including phenoxy) is 1. The lowest BCUT2D eigenvalue weighted by Crippen LogP contribution is -2.39. The Balaban J connectivity index is 1.74. The predicted molar refractivity (Wildman–Crippen MR) is 78.2 cm³/mol. The van der Waals surface area contributed by atoms with Crippen molar-refractivity contribution in [1.29, 1.82) is 5.26 Å². The van der Waals surface area contributed by atoms with Crippen molar-refractivity contribution in [2.75, 3.05) is 19.0 Å². The minimum atomic E-state index is -0.501. The molecule has 1 saturated heterocycles. The van der Waals surface area contributed by atoms with Gasteiger partial charge in [-0.15, -0.1) is 11.8 Å². The number of halogens is 1. The van der Waals surface area contributed by atoms with Crippen LogP contribution in [0.25, 0.3) is 0 Å². The average molecular weight is 308 g/mol. The van der Waals surface area contributed by atoms with Gasteiger partial charge in [0, 0.05) is 29.6 Å². The fraction of sp³-hybridized carbons (Fsp3) is 0.467. The van der Waals surface area contributed by atoms with Gasteiger partial charge in [-0.25, -0.2) is 4.39 Å². The largest absolute Gasteiger partial charge is 0.381 e. The van der Waals surface area contributed by atoms with Gasteiger partial charge in [-0.1, -0.05) is 12.1 Å². The number of nitrogens with zero attached hydrogens (tertiary/aromatic N) is 1. The highest BCUT2D eigenvalue weighted by Gasteiger charge is 2.26. The molecule has 1 fully saturated rings. The number of amides is 1. The van der Waals surface area contributed by atoms with E-state index in [4.69, 9.17) is 10.00 Å². The summed E-state index contributed by atoms with van der Waals surface area (Å²) in [5.41, 5.74) is 0. The second-order valence-electron chi connectivity index (χ2n) is 4.83. The van der Waals surface area contributed by atoms with Crippen LogP contribution in [-0.4, -0.2) is 30.9 Å². The fourth-order valence-electron chi connectivity index (χ4n) is 2.13. The normalized spacial score (nSPS) is 19.0. The summed E-state index contributed by atoms with van der Waals surface area (Å²) >= 11 is 1.30. The number of rotatable bonds is 6. The number of carbonyl (C=O) groups is 1. The van der Waals surface area contributed by atoms with Crippen molar-refractivity contribution < 1.29 is 13.9 Å².